The summed E-state index contributed by atoms with van der Waals surface area (Å²) in [6.45, 7) is 2.21. The minimum atomic E-state index is -0.429. The van der Waals surface area contributed by atoms with Crippen LogP contribution in [0.25, 0.3) is 0 Å². The van der Waals surface area contributed by atoms with Crippen molar-refractivity contribution < 1.29 is 14.3 Å². The summed E-state index contributed by atoms with van der Waals surface area (Å²) >= 11 is 0. The Morgan fingerprint density at radius 1 is 1.19 bits per heavy atom. The molecule has 2 rings (SSSR count). The van der Waals surface area contributed by atoms with E-state index in [9.17, 15) is 9.18 Å². The molecular formula is C17H18FNO2. The smallest absolute Gasteiger partial charge is 0.254 e. The van der Waals surface area contributed by atoms with Gasteiger partial charge in [-0.2, -0.15) is 0 Å². The van der Waals surface area contributed by atoms with E-state index < -0.39 is 5.82 Å². The summed E-state index contributed by atoms with van der Waals surface area (Å²) < 4.78 is 13.4. The van der Waals surface area contributed by atoms with Crippen LogP contribution in [0, 0.1) is 12.7 Å². The first-order valence-corrected chi connectivity index (χ1v) is 6.81. The van der Waals surface area contributed by atoms with E-state index in [2.05, 4.69) is 0 Å². The van der Waals surface area contributed by atoms with Gasteiger partial charge in [-0.05, 0) is 36.2 Å². The quantitative estimate of drug-likeness (QED) is 0.918. The molecule has 2 aromatic rings. The number of halogens is 1. The zero-order valence-electron chi connectivity index (χ0n) is 11.9. The Morgan fingerprint density at radius 3 is 2.52 bits per heavy atom. The van der Waals surface area contributed by atoms with Gasteiger partial charge in [0.2, 0.25) is 0 Å². The maximum Gasteiger partial charge on any atom is 0.254 e. The molecule has 0 aromatic heterocycles. The van der Waals surface area contributed by atoms with Crippen LogP contribution in [-0.2, 0) is 6.54 Å². The summed E-state index contributed by atoms with van der Waals surface area (Å²) in [4.78, 5) is 14.0. The van der Waals surface area contributed by atoms with Gasteiger partial charge in [0.1, 0.15) is 5.82 Å². The fraction of sp³-hybridized carbons (Fsp3) is 0.235. The van der Waals surface area contributed by atoms with Gasteiger partial charge in [-0.25, -0.2) is 4.39 Å². The zero-order valence-corrected chi connectivity index (χ0v) is 11.9. The third-order valence-corrected chi connectivity index (χ3v) is 3.16. The number of amides is 1. The number of benzene rings is 2. The van der Waals surface area contributed by atoms with Crippen LogP contribution in [0.15, 0.2) is 48.5 Å². The lowest BCUT2D eigenvalue weighted by molar-refractivity contribution is 0.0707. The Kier molecular flexibility index (Phi) is 5.06. The minimum Gasteiger partial charge on any atom is -0.395 e. The molecule has 21 heavy (non-hydrogen) atoms. The first kappa shape index (κ1) is 15.2. The molecule has 110 valence electrons. The normalized spacial score (nSPS) is 10.4. The Balaban J connectivity index is 2.22. The number of aliphatic hydroxyl groups excluding tert-OH is 1. The molecule has 0 aliphatic rings. The predicted molar refractivity (Wildman–Crippen MR) is 79.4 cm³/mol. The van der Waals surface area contributed by atoms with Gasteiger partial charge in [-0.3, -0.25) is 4.79 Å². The van der Waals surface area contributed by atoms with Crippen molar-refractivity contribution in [2.24, 2.45) is 0 Å². The van der Waals surface area contributed by atoms with Crippen molar-refractivity contribution in [2.75, 3.05) is 13.2 Å². The average Bonchev–Trinajstić information content (AvgIpc) is 2.46. The zero-order chi connectivity index (χ0) is 15.2. The molecule has 4 heteroatoms. The Labute approximate surface area is 123 Å². The lowest BCUT2D eigenvalue weighted by Gasteiger charge is -2.22. The van der Waals surface area contributed by atoms with E-state index in [0.29, 0.717) is 17.7 Å². The molecule has 0 bridgehead atoms. The van der Waals surface area contributed by atoms with E-state index in [1.807, 2.05) is 30.3 Å². The molecule has 0 atom stereocenters. The highest BCUT2D eigenvalue weighted by atomic mass is 19.1. The third-order valence-electron chi connectivity index (χ3n) is 3.16. The van der Waals surface area contributed by atoms with Crippen LogP contribution < -0.4 is 0 Å². The molecule has 0 heterocycles. The van der Waals surface area contributed by atoms with Crippen LogP contribution in [0.5, 0.6) is 0 Å². The van der Waals surface area contributed by atoms with Crippen molar-refractivity contribution >= 4 is 5.91 Å². The van der Waals surface area contributed by atoms with Gasteiger partial charge in [-0.15, -0.1) is 0 Å². The number of aryl methyl sites for hydroxylation is 1. The van der Waals surface area contributed by atoms with Gasteiger partial charge in [-0.1, -0.05) is 30.3 Å². The summed E-state index contributed by atoms with van der Waals surface area (Å²) in [5.41, 5.74) is 1.96. The highest BCUT2D eigenvalue weighted by molar-refractivity contribution is 5.94. The Hall–Kier alpha value is -2.20. The highest BCUT2D eigenvalue weighted by Crippen LogP contribution is 2.13. The fourth-order valence-electron chi connectivity index (χ4n) is 2.22. The molecule has 0 radical (unpaired) electrons. The van der Waals surface area contributed by atoms with Crippen molar-refractivity contribution in [2.45, 2.75) is 13.5 Å². The second-order valence-corrected chi connectivity index (χ2v) is 4.95. The first-order chi connectivity index (χ1) is 10.1. The number of hydrogen-bond acceptors (Lipinski definition) is 2. The van der Waals surface area contributed by atoms with Crippen molar-refractivity contribution in [1.29, 1.82) is 0 Å². The Morgan fingerprint density at radius 2 is 1.90 bits per heavy atom. The second kappa shape index (κ2) is 6.99. The Bertz CT molecular complexity index is 593. The molecular weight excluding hydrogens is 269 g/mol. The first-order valence-electron chi connectivity index (χ1n) is 6.81. The van der Waals surface area contributed by atoms with E-state index in [-0.39, 0.29) is 19.1 Å². The van der Waals surface area contributed by atoms with Crippen LogP contribution in [0.4, 0.5) is 4.39 Å². The SMILES string of the molecule is Cc1cc(F)cc(C(=O)N(CCO)Cc2ccccc2)c1. The van der Waals surface area contributed by atoms with Gasteiger partial charge in [0.25, 0.3) is 5.91 Å². The lowest BCUT2D eigenvalue weighted by atomic mass is 10.1. The van der Waals surface area contributed by atoms with Gasteiger partial charge in [0.05, 0.1) is 6.61 Å². The lowest BCUT2D eigenvalue weighted by Crippen LogP contribution is -2.33. The largest absolute Gasteiger partial charge is 0.395 e. The van der Waals surface area contributed by atoms with Gasteiger partial charge in [0.15, 0.2) is 0 Å². The van der Waals surface area contributed by atoms with Gasteiger partial charge >= 0.3 is 0 Å². The number of carbonyl (C=O) groups is 1. The summed E-state index contributed by atoms with van der Waals surface area (Å²) in [5, 5.41) is 9.15. The molecule has 0 aliphatic carbocycles. The summed E-state index contributed by atoms with van der Waals surface area (Å²) in [5.74, 6) is -0.711. The molecule has 0 unspecified atom stereocenters. The van der Waals surface area contributed by atoms with Crippen molar-refractivity contribution in [3.8, 4) is 0 Å². The summed E-state index contributed by atoms with van der Waals surface area (Å²) in [6, 6.07) is 13.8. The molecule has 0 saturated carbocycles. The van der Waals surface area contributed by atoms with E-state index >= 15 is 0 Å². The van der Waals surface area contributed by atoms with Crippen molar-refractivity contribution in [1.82, 2.24) is 4.90 Å². The topological polar surface area (TPSA) is 40.5 Å². The van der Waals surface area contributed by atoms with Gasteiger partial charge in [0, 0.05) is 18.7 Å². The molecule has 3 nitrogen and oxygen atoms in total. The predicted octanol–water partition coefficient (Wildman–Crippen LogP) is 2.77. The minimum absolute atomic E-state index is 0.132. The number of carbonyl (C=O) groups excluding carboxylic acids is 1. The molecule has 2 aromatic carbocycles. The molecule has 0 aliphatic heterocycles. The number of hydrogen-bond donors (Lipinski definition) is 1. The van der Waals surface area contributed by atoms with Gasteiger partial charge < -0.3 is 10.0 Å². The monoisotopic (exact) mass is 287 g/mol. The van der Waals surface area contributed by atoms with Crippen molar-refractivity contribution in [3.05, 3.63) is 71.0 Å². The van der Waals surface area contributed by atoms with Crippen LogP contribution in [0.1, 0.15) is 21.5 Å². The second-order valence-electron chi connectivity index (χ2n) is 4.95. The molecule has 0 fully saturated rings. The molecule has 1 amide bonds. The molecule has 0 saturated heterocycles. The van der Waals surface area contributed by atoms with E-state index in [1.54, 1.807) is 13.0 Å². The van der Waals surface area contributed by atoms with Crippen LogP contribution in [-0.4, -0.2) is 29.1 Å². The summed E-state index contributed by atoms with van der Waals surface area (Å²) in [7, 11) is 0. The van der Waals surface area contributed by atoms with E-state index in [4.69, 9.17) is 5.11 Å². The number of aliphatic hydroxyl groups is 1. The third kappa shape index (κ3) is 4.13. The van der Waals surface area contributed by atoms with E-state index in [0.717, 1.165) is 5.56 Å². The van der Waals surface area contributed by atoms with Crippen LogP contribution in [0.2, 0.25) is 0 Å². The number of nitrogens with zero attached hydrogens (tertiary/aromatic N) is 1. The fourth-order valence-corrected chi connectivity index (χ4v) is 2.22. The van der Waals surface area contributed by atoms with E-state index in [1.165, 1.54) is 17.0 Å². The highest BCUT2D eigenvalue weighted by Gasteiger charge is 2.16. The van der Waals surface area contributed by atoms with Crippen LogP contribution >= 0.6 is 0 Å². The van der Waals surface area contributed by atoms with Crippen LogP contribution in [0.3, 0.4) is 0 Å². The molecule has 1 N–H and O–H groups in total. The maximum absolute atomic E-state index is 13.4. The number of rotatable bonds is 5. The maximum atomic E-state index is 13.4. The average molecular weight is 287 g/mol. The standard InChI is InChI=1S/C17H18FNO2/c1-13-9-15(11-16(18)10-13)17(21)19(7-8-20)12-14-5-3-2-4-6-14/h2-6,9-11,20H,7-8,12H2,1H3. The summed E-state index contributed by atoms with van der Waals surface area (Å²) in [6.07, 6.45) is 0. The molecule has 0 spiro atoms. The van der Waals surface area contributed by atoms with Crippen molar-refractivity contribution in [3.63, 3.8) is 0 Å².